The van der Waals surface area contributed by atoms with Gasteiger partial charge in [-0.2, -0.15) is 5.26 Å². The predicted octanol–water partition coefficient (Wildman–Crippen LogP) is 4.33. The van der Waals surface area contributed by atoms with Gasteiger partial charge in [-0.15, -0.1) is 5.10 Å². The molecule has 2 heterocycles. The number of rotatable bonds is 5. The number of anilines is 1. The molecule has 8 nitrogen and oxygen atoms in total. The third kappa shape index (κ3) is 4.30. The Morgan fingerprint density at radius 3 is 2.88 bits per heavy atom. The van der Waals surface area contributed by atoms with Gasteiger partial charge in [0.25, 0.3) is 5.91 Å². The number of hydrogen-bond acceptors (Lipinski definition) is 6. The summed E-state index contributed by atoms with van der Waals surface area (Å²) in [6, 6.07) is 13.3. The van der Waals surface area contributed by atoms with E-state index in [4.69, 9.17) is 15.2 Å². The van der Waals surface area contributed by atoms with Crippen molar-refractivity contribution in [2.45, 2.75) is 26.7 Å². The maximum Gasteiger partial charge on any atom is 0.262 e. The summed E-state index contributed by atoms with van der Waals surface area (Å²) in [5, 5.41) is 19.7. The molecular formula is C24H22BrN5O3. The number of carbonyl (C=O) groups excluding carboxylic acids is 1. The number of allylic oxidation sites excluding steroid dienone is 1. The fraction of sp³-hybridized carbons (Fsp3) is 0.208. The van der Waals surface area contributed by atoms with E-state index in [1.54, 1.807) is 6.07 Å². The van der Waals surface area contributed by atoms with Crippen LogP contribution in [0.5, 0.6) is 11.6 Å². The highest BCUT2D eigenvalue weighted by Crippen LogP contribution is 2.46. The number of ether oxygens (including phenoxy) is 2. The maximum atomic E-state index is 12.6. The number of aromatic nitrogens is 2. The maximum absolute atomic E-state index is 12.6. The van der Waals surface area contributed by atoms with E-state index in [9.17, 15) is 10.1 Å². The van der Waals surface area contributed by atoms with Crippen LogP contribution in [0.3, 0.4) is 0 Å². The number of nitrogens with zero attached hydrogens (tertiary/aromatic N) is 2. The minimum absolute atomic E-state index is 0.0138. The van der Waals surface area contributed by atoms with Crippen LogP contribution in [0.15, 0.2) is 52.3 Å². The molecule has 0 saturated carbocycles. The van der Waals surface area contributed by atoms with Crippen molar-refractivity contribution in [1.82, 2.24) is 10.2 Å². The molecule has 9 heteroatoms. The van der Waals surface area contributed by atoms with Gasteiger partial charge in [-0.05, 0) is 56.2 Å². The quantitative estimate of drug-likeness (QED) is 0.471. The lowest BCUT2D eigenvalue weighted by molar-refractivity contribution is -0.118. The molecule has 2 aromatic carbocycles. The van der Waals surface area contributed by atoms with E-state index < -0.39 is 5.92 Å². The average molecular weight is 508 g/mol. The number of halogens is 1. The Labute approximate surface area is 199 Å². The lowest BCUT2D eigenvalue weighted by Crippen LogP contribution is -2.23. The smallest absolute Gasteiger partial charge is 0.262 e. The molecule has 1 aliphatic heterocycles. The molecule has 0 aliphatic carbocycles. The van der Waals surface area contributed by atoms with Gasteiger partial charge in [-0.3, -0.25) is 9.89 Å². The minimum atomic E-state index is -0.563. The van der Waals surface area contributed by atoms with Gasteiger partial charge in [0.1, 0.15) is 17.4 Å². The van der Waals surface area contributed by atoms with Crippen molar-refractivity contribution in [3.8, 4) is 17.7 Å². The summed E-state index contributed by atoms with van der Waals surface area (Å²) >= 11 is 3.49. The number of nitriles is 1. The van der Waals surface area contributed by atoms with E-state index in [1.165, 1.54) is 0 Å². The highest BCUT2D eigenvalue weighted by Gasteiger charge is 2.36. The van der Waals surface area contributed by atoms with Crippen LogP contribution in [0.2, 0.25) is 0 Å². The molecule has 4 rings (SSSR count). The van der Waals surface area contributed by atoms with Crippen LogP contribution < -0.4 is 20.5 Å². The minimum Gasteiger partial charge on any atom is -0.483 e. The first-order valence-corrected chi connectivity index (χ1v) is 11.0. The Morgan fingerprint density at radius 2 is 2.12 bits per heavy atom. The average Bonchev–Trinajstić information content (AvgIpc) is 3.15. The molecule has 1 aliphatic rings. The molecule has 3 aromatic rings. The SMILES string of the molecule is Cc1cccc(NC(=O)COc2ccc(Br)cc2C2C(C#N)=C(N)Oc3n[nH]c(C)c32)c1C. The summed E-state index contributed by atoms with van der Waals surface area (Å²) in [5.41, 5.74) is 11.2. The molecule has 33 heavy (non-hydrogen) atoms. The van der Waals surface area contributed by atoms with Crippen molar-refractivity contribution in [1.29, 1.82) is 5.26 Å². The Morgan fingerprint density at radius 1 is 1.33 bits per heavy atom. The van der Waals surface area contributed by atoms with E-state index in [2.05, 4.69) is 37.5 Å². The summed E-state index contributed by atoms with van der Waals surface area (Å²) in [6.45, 7) is 5.58. The van der Waals surface area contributed by atoms with Crippen LogP contribution >= 0.6 is 15.9 Å². The van der Waals surface area contributed by atoms with Gasteiger partial charge in [0.15, 0.2) is 6.61 Å². The number of H-pyrrole nitrogens is 1. The third-order valence-corrected chi connectivity index (χ3v) is 6.14. The number of nitrogens with one attached hydrogen (secondary N) is 2. The van der Waals surface area contributed by atoms with Crippen molar-refractivity contribution in [3.05, 3.63) is 80.3 Å². The first kappa shape index (κ1) is 22.4. The van der Waals surface area contributed by atoms with Crippen LogP contribution in [0.1, 0.15) is 33.9 Å². The second-order valence-corrected chi connectivity index (χ2v) is 8.67. The zero-order chi connectivity index (χ0) is 23.7. The van der Waals surface area contributed by atoms with E-state index in [-0.39, 0.29) is 24.0 Å². The van der Waals surface area contributed by atoms with Gasteiger partial charge in [0.05, 0.1) is 5.92 Å². The molecular weight excluding hydrogens is 486 g/mol. The molecule has 1 aromatic heterocycles. The molecule has 0 fully saturated rings. The van der Waals surface area contributed by atoms with Gasteiger partial charge in [-0.1, -0.05) is 28.1 Å². The Hall–Kier alpha value is -3.77. The van der Waals surface area contributed by atoms with Crippen molar-refractivity contribution in [2.75, 3.05) is 11.9 Å². The Kier molecular flexibility index (Phi) is 6.11. The fourth-order valence-electron chi connectivity index (χ4n) is 3.80. The third-order valence-electron chi connectivity index (χ3n) is 5.65. The van der Waals surface area contributed by atoms with Crippen LogP contribution in [-0.2, 0) is 4.79 Å². The molecule has 1 amide bonds. The van der Waals surface area contributed by atoms with Gasteiger partial charge in [0.2, 0.25) is 11.8 Å². The number of amides is 1. The zero-order valence-corrected chi connectivity index (χ0v) is 19.9. The van der Waals surface area contributed by atoms with Crippen molar-refractivity contribution < 1.29 is 14.3 Å². The molecule has 1 atom stereocenters. The van der Waals surface area contributed by atoms with Crippen LogP contribution in [0.25, 0.3) is 0 Å². The second-order valence-electron chi connectivity index (χ2n) is 7.76. The fourth-order valence-corrected chi connectivity index (χ4v) is 4.18. The summed E-state index contributed by atoms with van der Waals surface area (Å²) in [5.74, 6) is -0.103. The molecule has 0 saturated heterocycles. The van der Waals surface area contributed by atoms with E-state index in [0.717, 1.165) is 27.0 Å². The predicted molar refractivity (Wildman–Crippen MR) is 127 cm³/mol. The lowest BCUT2D eigenvalue weighted by atomic mass is 9.83. The summed E-state index contributed by atoms with van der Waals surface area (Å²) in [4.78, 5) is 12.6. The first-order valence-electron chi connectivity index (χ1n) is 10.2. The largest absolute Gasteiger partial charge is 0.483 e. The summed E-state index contributed by atoms with van der Waals surface area (Å²) in [7, 11) is 0. The zero-order valence-electron chi connectivity index (χ0n) is 18.3. The van der Waals surface area contributed by atoms with Gasteiger partial charge in [0, 0.05) is 27.0 Å². The molecule has 0 spiro atoms. The number of carbonyl (C=O) groups is 1. The number of aryl methyl sites for hydroxylation is 2. The van der Waals surface area contributed by atoms with Crippen molar-refractivity contribution in [2.24, 2.45) is 5.73 Å². The molecule has 1 unspecified atom stereocenters. The van der Waals surface area contributed by atoms with Crippen molar-refractivity contribution in [3.63, 3.8) is 0 Å². The lowest BCUT2D eigenvalue weighted by Gasteiger charge is -2.25. The molecule has 168 valence electrons. The van der Waals surface area contributed by atoms with E-state index in [1.807, 2.05) is 51.1 Å². The first-order chi connectivity index (χ1) is 15.8. The Balaban J connectivity index is 1.65. The number of aromatic amines is 1. The van der Waals surface area contributed by atoms with Crippen molar-refractivity contribution >= 4 is 27.5 Å². The van der Waals surface area contributed by atoms with Gasteiger partial charge in [-0.25, -0.2) is 0 Å². The number of fused-ring (bicyclic) bond motifs is 1. The standard InChI is InChI=1S/C24H22BrN5O3/c1-12-5-4-6-18(13(12)2)28-20(31)11-32-19-8-7-15(25)9-16(19)22-17(10-26)23(27)33-24-21(22)14(3)29-30-24/h4-9,22H,11,27H2,1-3H3,(H,28,31)(H,29,30). The van der Waals surface area contributed by atoms with E-state index in [0.29, 0.717) is 22.8 Å². The summed E-state index contributed by atoms with van der Waals surface area (Å²) in [6.07, 6.45) is 0. The van der Waals surface area contributed by atoms with Crippen LogP contribution in [0, 0.1) is 32.1 Å². The molecule has 0 bridgehead atoms. The van der Waals surface area contributed by atoms with E-state index >= 15 is 0 Å². The normalized spacial score (nSPS) is 14.8. The number of nitrogens with two attached hydrogens (primary N) is 1. The second kappa shape index (κ2) is 9.00. The highest BCUT2D eigenvalue weighted by atomic mass is 79.9. The number of hydrogen-bond donors (Lipinski definition) is 3. The van der Waals surface area contributed by atoms with Crippen LogP contribution in [0.4, 0.5) is 5.69 Å². The molecule has 4 N–H and O–H groups in total. The van der Waals surface area contributed by atoms with Gasteiger partial charge >= 0.3 is 0 Å². The summed E-state index contributed by atoms with van der Waals surface area (Å²) < 4.78 is 12.3. The monoisotopic (exact) mass is 507 g/mol. The Bertz CT molecular complexity index is 1320. The topological polar surface area (TPSA) is 126 Å². The van der Waals surface area contributed by atoms with Crippen LogP contribution in [-0.4, -0.2) is 22.7 Å². The highest BCUT2D eigenvalue weighted by molar-refractivity contribution is 9.10. The molecule has 0 radical (unpaired) electrons. The number of benzene rings is 2. The van der Waals surface area contributed by atoms with Gasteiger partial charge < -0.3 is 20.5 Å².